The van der Waals surface area contributed by atoms with E-state index in [-0.39, 0.29) is 5.41 Å². The van der Waals surface area contributed by atoms with Gasteiger partial charge in [0.15, 0.2) is 0 Å². The third-order valence-corrected chi connectivity index (χ3v) is 8.83. The number of unbranched alkanes of at least 4 members (excludes halogenated alkanes) is 1. The van der Waals surface area contributed by atoms with Gasteiger partial charge >= 0.3 is 0 Å². The molecule has 0 spiro atoms. The van der Waals surface area contributed by atoms with Crippen molar-refractivity contribution >= 4 is 23.2 Å². The van der Waals surface area contributed by atoms with Gasteiger partial charge in [-0.1, -0.05) is 58.0 Å². The average Bonchev–Trinajstić information content (AvgIpc) is 3.36. The van der Waals surface area contributed by atoms with Gasteiger partial charge in [0.1, 0.15) is 5.78 Å². The second kappa shape index (κ2) is 16.0. The van der Waals surface area contributed by atoms with Crippen LogP contribution in [0.1, 0.15) is 89.5 Å². The van der Waals surface area contributed by atoms with Crippen LogP contribution in [0.25, 0.3) is 33.3 Å². The van der Waals surface area contributed by atoms with Gasteiger partial charge in [0, 0.05) is 54.0 Å². The second-order valence-corrected chi connectivity index (χ2v) is 12.9. The Hall–Kier alpha value is -3.81. The SMILES string of the molecule is CCC(C)c1ncccc1-c1c(CC(C)(C)COC=O)c2cc(-c3cccc(CCC(=O)CCCCNN)c3)ccc2n1CC. The fourth-order valence-electron chi connectivity index (χ4n) is 6.28. The topological polar surface area (TPSA) is 99.2 Å². The Balaban J connectivity index is 1.77. The zero-order valence-electron chi connectivity index (χ0n) is 27.7. The average molecular weight is 611 g/mol. The Morgan fingerprint density at radius 3 is 2.60 bits per heavy atom. The number of nitrogens with one attached hydrogen (secondary N) is 1. The standard InChI is InChI=1S/C38H50N4O3/c1-6-27(3)36-32(15-11-20-40-36)37-34(24-38(4,5)25-45-26-43)33-23-30(17-19-35(33)42(37)7-2)29-13-10-12-28(22-29)16-18-31(44)14-8-9-21-41-39/h10-13,15,17,19-20,22-23,26-27,41H,6-9,14,16,18,21,24-25,39H2,1-5H3. The molecule has 0 bridgehead atoms. The highest BCUT2D eigenvalue weighted by Gasteiger charge is 2.28. The number of nitrogens with two attached hydrogens (primary N) is 1. The van der Waals surface area contributed by atoms with Crippen molar-refractivity contribution in [3.63, 3.8) is 0 Å². The van der Waals surface area contributed by atoms with Gasteiger partial charge in [-0.3, -0.25) is 25.8 Å². The van der Waals surface area contributed by atoms with Crippen molar-refractivity contribution in [1.82, 2.24) is 15.0 Å². The van der Waals surface area contributed by atoms with Crippen LogP contribution in [-0.2, 0) is 33.7 Å². The Labute approximate surface area is 268 Å². The van der Waals surface area contributed by atoms with Gasteiger partial charge in [0.05, 0.1) is 18.0 Å². The van der Waals surface area contributed by atoms with Crippen molar-refractivity contribution < 1.29 is 14.3 Å². The minimum Gasteiger partial charge on any atom is -0.467 e. The number of ketones is 1. The Morgan fingerprint density at radius 2 is 1.87 bits per heavy atom. The van der Waals surface area contributed by atoms with Gasteiger partial charge in [-0.15, -0.1) is 0 Å². The summed E-state index contributed by atoms with van der Waals surface area (Å²) in [6.45, 7) is 13.4. The molecular weight excluding hydrogens is 560 g/mol. The first kappa shape index (κ1) is 34.1. The first-order valence-corrected chi connectivity index (χ1v) is 16.4. The molecule has 0 aliphatic heterocycles. The molecule has 2 heterocycles. The summed E-state index contributed by atoms with van der Waals surface area (Å²) in [6.07, 6.45) is 7.28. The normalized spacial score (nSPS) is 12.4. The van der Waals surface area contributed by atoms with E-state index in [0.29, 0.717) is 37.6 Å². The molecule has 7 nitrogen and oxygen atoms in total. The minimum atomic E-state index is -0.273. The van der Waals surface area contributed by atoms with Crippen molar-refractivity contribution in [3.8, 4) is 22.4 Å². The highest BCUT2D eigenvalue weighted by molar-refractivity contribution is 5.95. The number of carbonyl (C=O) groups excluding carboxylic acids is 2. The summed E-state index contributed by atoms with van der Waals surface area (Å²) < 4.78 is 7.70. The minimum absolute atomic E-state index is 0.273. The van der Waals surface area contributed by atoms with Crippen LogP contribution in [0.15, 0.2) is 60.8 Å². The number of Topliss-reactive ketones (excluding diaryl/α,β-unsaturated/α-hetero) is 1. The van der Waals surface area contributed by atoms with Gasteiger partial charge in [-0.2, -0.15) is 0 Å². The zero-order valence-corrected chi connectivity index (χ0v) is 27.7. The van der Waals surface area contributed by atoms with E-state index < -0.39 is 0 Å². The van der Waals surface area contributed by atoms with E-state index in [1.807, 2.05) is 12.3 Å². The number of aromatic nitrogens is 2. The van der Waals surface area contributed by atoms with E-state index >= 15 is 0 Å². The molecule has 3 N–H and O–H groups in total. The van der Waals surface area contributed by atoms with E-state index in [1.165, 1.54) is 27.7 Å². The summed E-state index contributed by atoms with van der Waals surface area (Å²) in [7, 11) is 0. The smallest absolute Gasteiger partial charge is 0.293 e. The van der Waals surface area contributed by atoms with Crippen molar-refractivity contribution in [2.45, 2.75) is 92.0 Å². The molecule has 240 valence electrons. The third kappa shape index (κ3) is 8.47. The lowest BCUT2D eigenvalue weighted by Crippen LogP contribution is -2.22. The van der Waals surface area contributed by atoms with E-state index in [2.05, 4.69) is 93.1 Å². The zero-order chi connectivity index (χ0) is 32.4. The molecule has 0 radical (unpaired) electrons. The number of hydrogen-bond acceptors (Lipinski definition) is 6. The van der Waals surface area contributed by atoms with Crippen LogP contribution in [0, 0.1) is 5.41 Å². The van der Waals surface area contributed by atoms with Gasteiger partial charge in [-0.05, 0) is 91.5 Å². The fourth-order valence-corrected chi connectivity index (χ4v) is 6.28. The van der Waals surface area contributed by atoms with Crippen molar-refractivity contribution in [2.75, 3.05) is 13.2 Å². The van der Waals surface area contributed by atoms with Gasteiger partial charge < -0.3 is 9.30 Å². The molecule has 4 rings (SSSR count). The highest BCUT2D eigenvalue weighted by atomic mass is 16.5. The molecule has 0 aliphatic rings. The van der Waals surface area contributed by atoms with Crippen LogP contribution in [0.4, 0.5) is 0 Å². The van der Waals surface area contributed by atoms with Gasteiger partial charge in [0.25, 0.3) is 6.47 Å². The van der Waals surface area contributed by atoms with Crippen molar-refractivity contribution in [2.24, 2.45) is 11.3 Å². The molecule has 45 heavy (non-hydrogen) atoms. The summed E-state index contributed by atoms with van der Waals surface area (Å²) >= 11 is 0. The number of pyridine rings is 1. The molecule has 1 atom stereocenters. The lowest BCUT2D eigenvalue weighted by atomic mass is 9.83. The monoisotopic (exact) mass is 610 g/mol. The van der Waals surface area contributed by atoms with E-state index in [0.717, 1.165) is 67.6 Å². The number of hydrogen-bond donors (Lipinski definition) is 2. The van der Waals surface area contributed by atoms with Crippen LogP contribution in [0.5, 0.6) is 0 Å². The van der Waals surface area contributed by atoms with Crippen LogP contribution >= 0.6 is 0 Å². The number of benzene rings is 2. The maximum Gasteiger partial charge on any atom is 0.293 e. The number of aryl methyl sites for hydroxylation is 2. The molecule has 0 fully saturated rings. The summed E-state index contributed by atoms with van der Waals surface area (Å²) in [4.78, 5) is 28.5. The number of rotatable bonds is 18. The molecule has 1 unspecified atom stereocenters. The Kier molecular flexibility index (Phi) is 12.1. The largest absolute Gasteiger partial charge is 0.467 e. The van der Waals surface area contributed by atoms with Crippen molar-refractivity contribution in [1.29, 1.82) is 0 Å². The fraction of sp³-hybridized carbons (Fsp3) is 0.447. The Morgan fingerprint density at radius 1 is 1.07 bits per heavy atom. The number of carbonyl (C=O) groups is 2. The quantitative estimate of drug-likeness (QED) is 0.0517. The van der Waals surface area contributed by atoms with Crippen LogP contribution in [0.3, 0.4) is 0 Å². The molecule has 2 aromatic carbocycles. The first-order chi connectivity index (χ1) is 21.7. The van der Waals surface area contributed by atoms with Gasteiger partial charge in [0.2, 0.25) is 0 Å². The lowest BCUT2D eigenvalue weighted by Gasteiger charge is -2.25. The predicted molar refractivity (Wildman–Crippen MR) is 184 cm³/mol. The third-order valence-electron chi connectivity index (χ3n) is 8.83. The van der Waals surface area contributed by atoms with Gasteiger partial charge in [-0.25, -0.2) is 0 Å². The van der Waals surface area contributed by atoms with Crippen LogP contribution in [-0.4, -0.2) is 35.0 Å². The second-order valence-electron chi connectivity index (χ2n) is 12.9. The van der Waals surface area contributed by atoms with E-state index in [1.54, 1.807) is 0 Å². The summed E-state index contributed by atoms with van der Waals surface area (Å²) in [6, 6.07) is 19.5. The molecule has 0 amide bonds. The maximum absolute atomic E-state index is 12.5. The number of nitrogens with zero attached hydrogens (tertiary/aromatic N) is 2. The molecule has 0 saturated heterocycles. The van der Waals surface area contributed by atoms with Crippen LogP contribution in [0.2, 0.25) is 0 Å². The molecule has 2 aromatic heterocycles. The summed E-state index contributed by atoms with van der Waals surface area (Å²) in [5.74, 6) is 5.95. The number of hydrazine groups is 1. The van der Waals surface area contributed by atoms with E-state index in [4.69, 9.17) is 15.6 Å². The maximum atomic E-state index is 12.5. The summed E-state index contributed by atoms with van der Waals surface area (Å²) in [5.41, 5.74) is 11.7. The highest BCUT2D eigenvalue weighted by Crippen LogP contribution is 2.42. The lowest BCUT2D eigenvalue weighted by molar-refractivity contribution is -0.131. The molecular formula is C38H50N4O3. The summed E-state index contributed by atoms with van der Waals surface area (Å²) in [5, 5.41) is 1.20. The predicted octanol–water partition coefficient (Wildman–Crippen LogP) is 7.78. The number of ether oxygens (including phenoxy) is 1. The molecule has 0 aliphatic carbocycles. The first-order valence-electron chi connectivity index (χ1n) is 16.4. The molecule has 4 aromatic rings. The Bertz CT molecular complexity index is 1590. The van der Waals surface area contributed by atoms with E-state index in [9.17, 15) is 9.59 Å². The van der Waals surface area contributed by atoms with Crippen molar-refractivity contribution in [3.05, 3.63) is 77.6 Å². The number of fused-ring (bicyclic) bond motifs is 1. The molecule has 7 heteroatoms. The van der Waals surface area contributed by atoms with Crippen LogP contribution < -0.4 is 11.3 Å². The molecule has 0 saturated carbocycles.